The lowest BCUT2D eigenvalue weighted by Gasteiger charge is -2.04. The molecule has 1 aromatic carbocycles. The van der Waals surface area contributed by atoms with Gasteiger partial charge in [-0.05, 0) is 43.3 Å². The number of anilines is 1. The molecule has 4 aromatic rings. The van der Waals surface area contributed by atoms with E-state index in [0.29, 0.717) is 15.9 Å². The molecule has 3 aromatic heterocycles. The Labute approximate surface area is 169 Å². The molecule has 0 saturated carbocycles. The molecular weight excluding hydrogens is 396 g/mol. The molecule has 142 valence electrons. The molecule has 0 unspecified atom stereocenters. The van der Waals surface area contributed by atoms with E-state index in [2.05, 4.69) is 25.6 Å². The number of nitrogens with zero attached hydrogens (tertiary/aromatic N) is 5. The fourth-order valence-electron chi connectivity index (χ4n) is 2.47. The molecule has 0 spiro atoms. The number of nitrogens with one attached hydrogen (secondary N) is 1. The molecule has 0 bridgehead atoms. The first-order valence-corrected chi connectivity index (χ1v) is 10.2. The lowest BCUT2D eigenvalue weighted by Crippen LogP contribution is -2.14. The van der Waals surface area contributed by atoms with Gasteiger partial charge in [-0.3, -0.25) is 4.79 Å². The zero-order valence-electron chi connectivity index (χ0n) is 15.1. The molecule has 0 saturated heterocycles. The fraction of sp³-hybridized carbons (Fsp3) is 0.167. The molecule has 3 heterocycles. The van der Waals surface area contributed by atoms with Gasteiger partial charge in [0.15, 0.2) is 10.8 Å². The van der Waals surface area contributed by atoms with Crippen LogP contribution in [0.5, 0.6) is 5.75 Å². The summed E-state index contributed by atoms with van der Waals surface area (Å²) >= 11 is 2.67. The topological polar surface area (TPSA) is 94.3 Å². The molecule has 0 radical (unpaired) electrons. The van der Waals surface area contributed by atoms with Gasteiger partial charge in [0, 0.05) is 10.9 Å². The molecule has 0 atom stereocenters. The third-order valence-corrected chi connectivity index (χ3v) is 5.61. The number of aryl methyl sites for hydroxylation is 1. The van der Waals surface area contributed by atoms with E-state index in [1.54, 1.807) is 11.6 Å². The predicted molar refractivity (Wildman–Crippen MR) is 109 cm³/mol. The summed E-state index contributed by atoms with van der Waals surface area (Å²) in [5.41, 5.74) is 3.23. The van der Waals surface area contributed by atoms with Crippen molar-refractivity contribution < 1.29 is 9.53 Å². The van der Waals surface area contributed by atoms with Crippen LogP contribution in [0, 0.1) is 6.92 Å². The molecule has 0 aliphatic heterocycles. The van der Waals surface area contributed by atoms with E-state index in [1.807, 2.05) is 48.7 Å². The molecule has 0 aliphatic carbocycles. The minimum absolute atomic E-state index is 0.151. The molecule has 28 heavy (non-hydrogen) atoms. The van der Waals surface area contributed by atoms with Crippen LogP contribution in [0.25, 0.3) is 16.9 Å². The van der Waals surface area contributed by atoms with Gasteiger partial charge in [0.25, 0.3) is 0 Å². The number of fused-ring (bicyclic) bond motifs is 1. The van der Waals surface area contributed by atoms with Gasteiger partial charge in [-0.1, -0.05) is 11.8 Å². The molecule has 4 rings (SSSR count). The van der Waals surface area contributed by atoms with E-state index < -0.39 is 0 Å². The second-order valence-corrected chi connectivity index (χ2v) is 7.63. The lowest BCUT2D eigenvalue weighted by atomic mass is 10.1. The molecule has 8 nitrogen and oxygen atoms in total. The van der Waals surface area contributed by atoms with Crippen LogP contribution in [0.3, 0.4) is 0 Å². The number of amides is 1. The van der Waals surface area contributed by atoms with Gasteiger partial charge in [-0.2, -0.15) is 9.61 Å². The van der Waals surface area contributed by atoms with Gasteiger partial charge in [-0.15, -0.1) is 21.5 Å². The van der Waals surface area contributed by atoms with Crippen molar-refractivity contribution in [2.24, 2.45) is 0 Å². The zero-order valence-corrected chi connectivity index (χ0v) is 16.8. The van der Waals surface area contributed by atoms with Crippen molar-refractivity contribution in [1.82, 2.24) is 24.8 Å². The SMILES string of the molecule is COc1ccc(-c2ccc3nnc(SCC(=O)Nc4nc(C)cs4)n3n2)cc1. The van der Waals surface area contributed by atoms with Crippen molar-refractivity contribution >= 4 is 39.8 Å². The van der Waals surface area contributed by atoms with Gasteiger partial charge in [-0.25, -0.2) is 4.98 Å². The lowest BCUT2D eigenvalue weighted by molar-refractivity contribution is -0.113. The summed E-state index contributed by atoms with van der Waals surface area (Å²) in [6.07, 6.45) is 0. The number of thiazole rings is 1. The molecule has 1 N–H and O–H groups in total. The number of ether oxygens (including phenoxy) is 1. The van der Waals surface area contributed by atoms with Crippen LogP contribution in [0.4, 0.5) is 5.13 Å². The molecule has 1 amide bonds. The van der Waals surface area contributed by atoms with Crippen LogP contribution in [0.15, 0.2) is 46.9 Å². The van der Waals surface area contributed by atoms with Gasteiger partial charge in [0.05, 0.1) is 24.3 Å². The molecule has 10 heteroatoms. The normalized spacial score (nSPS) is 10.9. The highest BCUT2D eigenvalue weighted by Gasteiger charge is 2.12. The van der Waals surface area contributed by atoms with Crippen LogP contribution >= 0.6 is 23.1 Å². The van der Waals surface area contributed by atoms with Crippen molar-refractivity contribution in [1.29, 1.82) is 0 Å². The summed E-state index contributed by atoms with van der Waals surface area (Å²) in [6.45, 7) is 1.88. The van der Waals surface area contributed by atoms with Crippen LogP contribution in [-0.4, -0.2) is 43.6 Å². The minimum Gasteiger partial charge on any atom is -0.497 e. The maximum absolute atomic E-state index is 12.1. The van der Waals surface area contributed by atoms with Crippen molar-refractivity contribution in [3.63, 3.8) is 0 Å². The summed E-state index contributed by atoms with van der Waals surface area (Å²) in [5, 5.41) is 18.7. The van der Waals surface area contributed by atoms with Crippen LogP contribution in [-0.2, 0) is 4.79 Å². The van der Waals surface area contributed by atoms with E-state index in [4.69, 9.17) is 4.74 Å². The Hall–Kier alpha value is -2.98. The van der Waals surface area contributed by atoms with Crippen LogP contribution in [0.1, 0.15) is 5.69 Å². The van der Waals surface area contributed by atoms with Crippen molar-refractivity contribution in [3.8, 4) is 17.0 Å². The highest BCUT2D eigenvalue weighted by molar-refractivity contribution is 7.99. The quantitative estimate of drug-likeness (QED) is 0.486. The fourth-order valence-corrected chi connectivity index (χ4v) is 3.86. The van der Waals surface area contributed by atoms with E-state index >= 15 is 0 Å². The number of aromatic nitrogens is 5. The second kappa shape index (κ2) is 7.95. The van der Waals surface area contributed by atoms with Crippen molar-refractivity contribution in [2.45, 2.75) is 12.1 Å². The first-order chi connectivity index (χ1) is 13.6. The number of hydrogen-bond acceptors (Lipinski definition) is 8. The standard InChI is InChI=1S/C18H16N6O2S2/c1-11-9-27-17(19-11)20-16(25)10-28-18-22-21-15-8-7-14(23-24(15)18)12-3-5-13(26-2)6-4-12/h3-9H,10H2,1-2H3,(H,19,20,25). The number of hydrogen-bond donors (Lipinski definition) is 1. The van der Waals surface area contributed by atoms with Crippen LogP contribution in [0.2, 0.25) is 0 Å². The van der Waals surface area contributed by atoms with Crippen LogP contribution < -0.4 is 10.1 Å². The Morgan fingerprint density at radius 3 is 2.75 bits per heavy atom. The highest BCUT2D eigenvalue weighted by atomic mass is 32.2. The summed E-state index contributed by atoms with van der Waals surface area (Å²) in [4.78, 5) is 16.4. The molecule has 0 fully saturated rings. The Bertz CT molecular complexity index is 1120. The van der Waals surface area contributed by atoms with E-state index in [9.17, 15) is 4.79 Å². The molecular formula is C18H16N6O2S2. The Kier molecular flexibility index (Phi) is 5.22. The average molecular weight is 413 g/mol. The monoisotopic (exact) mass is 412 g/mol. The average Bonchev–Trinajstić information content (AvgIpc) is 3.31. The minimum atomic E-state index is -0.151. The van der Waals surface area contributed by atoms with Crippen molar-refractivity contribution in [2.75, 3.05) is 18.2 Å². The highest BCUT2D eigenvalue weighted by Crippen LogP contribution is 2.23. The third kappa shape index (κ3) is 3.97. The van der Waals surface area contributed by atoms with Gasteiger partial charge in [0.2, 0.25) is 11.1 Å². The molecule has 0 aliphatic rings. The summed E-state index contributed by atoms with van der Waals surface area (Å²) in [6, 6.07) is 11.4. The van der Waals surface area contributed by atoms with Gasteiger partial charge in [0.1, 0.15) is 5.75 Å². The first kappa shape index (κ1) is 18.4. The van der Waals surface area contributed by atoms with Gasteiger partial charge < -0.3 is 10.1 Å². The van der Waals surface area contributed by atoms with Gasteiger partial charge >= 0.3 is 0 Å². The zero-order chi connectivity index (χ0) is 19.5. The second-order valence-electron chi connectivity index (χ2n) is 5.83. The van der Waals surface area contributed by atoms with E-state index in [0.717, 1.165) is 22.7 Å². The Morgan fingerprint density at radius 2 is 2.04 bits per heavy atom. The third-order valence-electron chi connectivity index (χ3n) is 3.82. The number of carbonyl (C=O) groups excluding carboxylic acids is 1. The maximum Gasteiger partial charge on any atom is 0.236 e. The first-order valence-electron chi connectivity index (χ1n) is 8.34. The summed E-state index contributed by atoms with van der Waals surface area (Å²) < 4.78 is 6.83. The number of carbonyl (C=O) groups is 1. The smallest absolute Gasteiger partial charge is 0.236 e. The number of rotatable bonds is 6. The maximum atomic E-state index is 12.1. The largest absolute Gasteiger partial charge is 0.497 e. The Balaban J connectivity index is 1.50. The summed E-state index contributed by atoms with van der Waals surface area (Å²) in [7, 11) is 1.63. The number of thioether (sulfide) groups is 1. The van der Waals surface area contributed by atoms with Crippen molar-refractivity contribution in [3.05, 3.63) is 47.5 Å². The van der Waals surface area contributed by atoms with E-state index in [1.165, 1.54) is 23.1 Å². The van der Waals surface area contributed by atoms with E-state index in [-0.39, 0.29) is 11.7 Å². The Morgan fingerprint density at radius 1 is 1.21 bits per heavy atom. The summed E-state index contributed by atoms with van der Waals surface area (Å²) in [5.74, 6) is 0.822. The predicted octanol–water partition coefficient (Wildman–Crippen LogP) is 3.30. The number of benzene rings is 1. The number of methoxy groups -OCH3 is 1.